The molecule has 1 aromatic heterocycles. The number of benzene rings is 8. The first kappa shape index (κ1) is 29.5. The van der Waals surface area contributed by atoms with Crippen LogP contribution in [-0.4, -0.2) is 4.57 Å². The van der Waals surface area contributed by atoms with E-state index in [4.69, 9.17) is 0 Å². The second-order valence-corrected chi connectivity index (χ2v) is 12.6. The lowest BCUT2D eigenvalue weighted by atomic mass is 9.98. The minimum Gasteiger partial charge on any atom is -0.309 e. The van der Waals surface area contributed by atoms with Gasteiger partial charge in [-0.3, -0.25) is 0 Å². The zero-order valence-corrected chi connectivity index (χ0v) is 27.5. The van der Waals surface area contributed by atoms with Crippen LogP contribution in [0.15, 0.2) is 206 Å². The molecule has 0 atom stereocenters. The van der Waals surface area contributed by atoms with Crippen LogP contribution in [0.1, 0.15) is 0 Å². The van der Waals surface area contributed by atoms with Crippen molar-refractivity contribution < 1.29 is 0 Å². The molecule has 1 heterocycles. The Morgan fingerprint density at radius 2 is 0.700 bits per heavy atom. The summed E-state index contributed by atoms with van der Waals surface area (Å²) in [6.07, 6.45) is 0. The van der Waals surface area contributed by atoms with E-state index >= 15 is 0 Å². The van der Waals surface area contributed by atoms with Gasteiger partial charge in [-0.05, 0) is 70.8 Å². The summed E-state index contributed by atoms with van der Waals surface area (Å²) in [5, 5.41) is 2.55. The van der Waals surface area contributed by atoms with Gasteiger partial charge in [-0.2, -0.15) is 0 Å². The number of hydrogen-bond acceptors (Lipinski definition) is 1. The van der Waals surface area contributed by atoms with E-state index in [2.05, 4.69) is 216 Å². The van der Waals surface area contributed by atoms with Gasteiger partial charge in [0, 0.05) is 33.3 Å². The second kappa shape index (κ2) is 12.8. The number of fused-ring (bicyclic) bond motifs is 3. The van der Waals surface area contributed by atoms with Gasteiger partial charge in [-0.1, -0.05) is 158 Å². The fourth-order valence-corrected chi connectivity index (χ4v) is 7.28. The molecule has 8 aromatic carbocycles. The summed E-state index contributed by atoms with van der Waals surface area (Å²) in [4.78, 5) is 2.40. The fraction of sp³-hybridized carbons (Fsp3) is 0. The first-order chi connectivity index (χ1) is 24.8. The van der Waals surface area contributed by atoms with Crippen molar-refractivity contribution in [1.29, 1.82) is 0 Å². The summed E-state index contributed by atoms with van der Waals surface area (Å²) in [5.74, 6) is 0. The molecular weight excluding hydrogens is 605 g/mol. The van der Waals surface area contributed by atoms with Crippen LogP contribution in [0.2, 0.25) is 0 Å². The van der Waals surface area contributed by atoms with Gasteiger partial charge in [0.05, 0.1) is 22.4 Å². The maximum atomic E-state index is 2.40. The van der Waals surface area contributed by atoms with E-state index in [1.165, 1.54) is 55.2 Å². The lowest BCUT2D eigenvalue weighted by Gasteiger charge is -2.30. The van der Waals surface area contributed by atoms with E-state index in [1.807, 2.05) is 0 Å². The van der Waals surface area contributed by atoms with Crippen LogP contribution < -0.4 is 4.90 Å². The highest BCUT2D eigenvalue weighted by Gasteiger charge is 2.20. The molecule has 9 aromatic rings. The Kier molecular flexibility index (Phi) is 7.53. The number of para-hydroxylation sites is 4. The highest BCUT2D eigenvalue weighted by atomic mass is 15.1. The lowest BCUT2D eigenvalue weighted by molar-refractivity contribution is 1.18. The van der Waals surface area contributed by atoms with Crippen LogP contribution in [0.5, 0.6) is 0 Å². The smallest absolute Gasteiger partial charge is 0.0541 e. The van der Waals surface area contributed by atoms with Crippen LogP contribution in [0, 0.1) is 0 Å². The fourth-order valence-electron chi connectivity index (χ4n) is 7.28. The highest BCUT2D eigenvalue weighted by Crippen LogP contribution is 2.45. The number of aromatic nitrogens is 1. The third-order valence-corrected chi connectivity index (χ3v) is 9.62. The quantitative estimate of drug-likeness (QED) is 0.169. The molecule has 0 unspecified atom stereocenters. The van der Waals surface area contributed by atoms with Crippen LogP contribution in [-0.2, 0) is 0 Å². The molecule has 236 valence electrons. The van der Waals surface area contributed by atoms with E-state index in [9.17, 15) is 0 Å². The molecule has 50 heavy (non-hydrogen) atoms. The molecule has 0 fully saturated rings. The predicted octanol–water partition coefficient (Wildman–Crippen LogP) is 13.3. The molecule has 0 aliphatic heterocycles. The van der Waals surface area contributed by atoms with E-state index in [0.717, 1.165) is 22.7 Å². The molecule has 0 amide bonds. The average Bonchev–Trinajstić information content (AvgIpc) is 3.54. The van der Waals surface area contributed by atoms with E-state index in [0.29, 0.717) is 0 Å². The van der Waals surface area contributed by atoms with Crippen LogP contribution in [0.4, 0.5) is 17.1 Å². The summed E-state index contributed by atoms with van der Waals surface area (Å²) < 4.78 is 2.36. The molecule has 0 spiro atoms. The molecule has 0 bridgehead atoms. The standard InChI is InChI=1S/C48H34N2/c1-3-15-37(16-4-1)41-19-7-11-23-45(41)49(46-24-12-8-20-42(46)38-17-5-2-6-18-38)39-31-27-35(28-32-39)36-29-33-40(34-30-36)50-47-25-13-9-21-43(47)44-22-10-14-26-48(44)50/h1-34H. The van der Waals surface area contributed by atoms with Gasteiger partial charge >= 0.3 is 0 Å². The molecular formula is C48H34N2. The zero-order chi connectivity index (χ0) is 33.3. The molecule has 0 radical (unpaired) electrons. The van der Waals surface area contributed by atoms with Crippen LogP contribution in [0.25, 0.3) is 60.9 Å². The van der Waals surface area contributed by atoms with Crippen molar-refractivity contribution in [2.75, 3.05) is 4.90 Å². The second-order valence-electron chi connectivity index (χ2n) is 12.6. The summed E-state index contributed by atoms with van der Waals surface area (Å²) in [6, 6.07) is 74.0. The third-order valence-electron chi connectivity index (χ3n) is 9.62. The van der Waals surface area contributed by atoms with Crippen molar-refractivity contribution in [2.24, 2.45) is 0 Å². The molecule has 0 aliphatic rings. The molecule has 0 N–H and O–H groups in total. The lowest BCUT2D eigenvalue weighted by Crippen LogP contribution is -2.12. The van der Waals surface area contributed by atoms with Gasteiger partial charge < -0.3 is 9.47 Å². The van der Waals surface area contributed by atoms with Crippen molar-refractivity contribution in [2.45, 2.75) is 0 Å². The summed E-state index contributed by atoms with van der Waals surface area (Å²) in [6.45, 7) is 0. The molecule has 0 saturated carbocycles. The first-order valence-electron chi connectivity index (χ1n) is 17.1. The normalized spacial score (nSPS) is 11.2. The topological polar surface area (TPSA) is 8.17 Å². The zero-order valence-electron chi connectivity index (χ0n) is 27.5. The molecule has 0 saturated heterocycles. The Morgan fingerprint density at radius 1 is 0.300 bits per heavy atom. The number of rotatable bonds is 7. The van der Waals surface area contributed by atoms with Crippen molar-refractivity contribution >= 4 is 38.9 Å². The summed E-state index contributed by atoms with van der Waals surface area (Å²) in [5.41, 5.74) is 14.0. The molecule has 0 aliphatic carbocycles. The van der Waals surface area contributed by atoms with Crippen molar-refractivity contribution in [3.8, 4) is 39.1 Å². The maximum Gasteiger partial charge on any atom is 0.0541 e. The number of hydrogen-bond donors (Lipinski definition) is 0. The minimum atomic E-state index is 1.10. The highest BCUT2D eigenvalue weighted by molar-refractivity contribution is 6.09. The van der Waals surface area contributed by atoms with Gasteiger partial charge in [-0.15, -0.1) is 0 Å². The van der Waals surface area contributed by atoms with Crippen molar-refractivity contribution in [3.05, 3.63) is 206 Å². The van der Waals surface area contributed by atoms with Crippen LogP contribution in [0.3, 0.4) is 0 Å². The van der Waals surface area contributed by atoms with E-state index in [1.54, 1.807) is 0 Å². The van der Waals surface area contributed by atoms with Gasteiger partial charge in [0.2, 0.25) is 0 Å². The molecule has 2 heteroatoms. The Morgan fingerprint density at radius 3 is 1.20 bits per heavy atom. The van der Waals surface area contributed by atoms with Gasteiger partial charge in [0.25, 0.3) is 0 Å². The Bertz CT molecular complexity index is 2430. The monoisotopic (exact) mass is 638 g/mol. The average molecular weight is 639 g/mol. The van der Waals surface area contributed by atoms with Gasteiger partial charge in [-0.25, -0.2) is 0 Å². The SMILES string of the molecule is c1ccc(-c2ccccc2N(c2ccc(-c3ccc(-n4c5ccccc5c5ccccc54)cc3)cc2)c2ccccc2-c2ccccc2)cc1. The Labute approximate surface area is 292 Å². The van der Waals surface area contributed by atoms with Crippen molar-refractivity contribution in [1.82, 2.24) is 4.57 Å². The summed E-state index contributed by atoms with van der Waals surface area (Å²) >= 11 is 0. The summed E-state index contributed by atoms with van der Waals surface area (Å²) in [7, 11) is 0. The predicted molar refractivity (Wildman–Crippen MR) is 212 cm³/mol. The Balaban J connectivity index is 1.13. The largest absolute Gasteiger partial charge is 0.309 e. The maximum absolute atomic E-state index is 2.40. The number of nitrogens with zero attached hydrogens (tertiary/aromatic N) is 2. The molecule has 2 nitrogen and oxygen atoms in total. The third kappa shape index (κ3) is 5.24. The van der Waals surface area contributed by atoms with Crippen molar-refractivity contribution in [3.63, 3.8) is 0 Å². The Hall–Kier alpha value is -6.64. The first-order valence-corrected chi connectivity index (χ1v) is 17.1. The number of anilines is 3. The van der Waals surface area contributed by atoms with E-state index < -0.39 is 0 Å². The van der Waals surface area contributed by atoms with Gasteiger partial charge in [0.1, 0.15) is 0 Å². The van der Waals surface area contributed by atoms with E-state index in [-0.39, 0.29) is 0 Å². The van der Waals surface area contributed by atoms with Crippen LogP contribution >= 0.6 is 0 Å². The van der Waals surface area contributed by atoms with Gasteiger partial charge in [0.15, 0.2) is 0 Å². The molecule has 9 rings (SSSR count). The minimum absolute atomic E-state index is 1.10.